The van der Waals surface area contributed by atoms with Gasteiger partial charge in [0, 0.05) is 12.1 Å². The molecule has 0 aromatic carbocycles. The second kappa shape index (κ2) is 8.44. The van der Waals surface area contributed by atoms with Crippen molar-refractivity contribution in [1.82, 2.24) is 10.3 Å². The summed E-state index contributed by atoms with van der Waals surface area (Å²) in [4.78, 5) is 7.49. The zero-order chi connectivity index (χ0) is 15.3. The summed E-state index contributed by atoms with van der Waals surface area (Å²) in [5.41, 5.74) is 5.28. The fourth-order valence-corrected chi connectivity index (χ4v) is 2.32. The van der Waals surface area contributed by atoms with Gasteiger partial charge in [-0.05, 0) is 18.9 Å². The second-order valence-electron chi connectivity index (χ2n) is 5.10. The van der Waals surface area contributed by atoms with Crippen LogP contribution in [0.15, 0.2) is 23.2 Å². The number of rotatable bonds is 5. The summed E-state index contributed by atoms with van der Waals surface area (Å²) < 4.78 is 32.9. The van der Waals surface area contributed by atoms with E-state index in [4.69, 9.17) is 10.5 Å². The number of aliphatic imine (C=N–C) groups is 1. The summed E-state index contributed by atoms with van der Waals surface area (Å²) in [6.07, 6.45) is 4.28. The van der Waals surface area contributed by atoms with Crippen LogP contribution in [0.4, 0.5) is 8.78 Å². The number of ether oxygens (including phenoxy) is 1. The predicted octanol–water partition coefficient (Wildman–Crippen LogP) is 2.65. The fourth-order valence-electron chi connectivity index (χ4n) is 2.32. The Kier molecular flexibility index (Phi) is 7.24. The molecule has 1 aliphatic rings. The Balaban J connectivity index is 0.00000242. The largest absolute Gasteiger partial charge is 0.481 e. The van der Waals surface area contributed by atoms with Crippen LogP contribution >= 0.6 is 24.0 Å². The van der Waals surface area contributed by atoms with Crippen LogP contribution in [-0.2, 0) is 5.92 Å². The van der Waals surface area contributed by atoms with Gasteiger partial charge in [0.15, 0.2) is 5.96 Å². The van der Waals surface area contributed by atoms with E-state index < -0.39 is 12.5 Å². The predicted molar refractivity (Wildman–Crippen MR) is 92.0 cm³/mol. The molecule has 1 fully saturated rings. The normalized spacial score (nSPS) is 16.2. The average Bonchev–Trinajstić information content (AvgIpc) is 2.98. The monoisotopic (exact) mass is 426 g/mol. The van der Waals surface area contributed by atoms with E-state index in [-0.39, 0.29) is 47.6 Å². The van der Waals surface area contributed by atoms with Crippen LogP contribution in [0.3, 0.4) is 0 Å². The van der Waals surface area contributed by atoms with Crippen LogP contribution < -0.4 is 15.8 Å². The number of methoxy groups -OCH3 is 1. The molecule has 5 nitrogen and oxygen atoms in total. The molecule has 2 rings (SSSR count). The van der Waals surface area contributed by atoms with E-state index in [9.17, 15) is 8.78 Å². The van der Waals surface area contributed by atoms with Crippen molar-refractivity contribution in [2.24, 2.45) is 10.7 Å². The standard InChI is InChI=1S/C14H20F2N4O.HI/c1-21-12-8-4-7-11(20-12)14(15,16)9-18-13(17)19-10-5-2-3-6-10;/h4,7-8,10H,2-3,5-6,9H2,1H3,(H3,17,18,19);1H. The van der Waals surface area contributed by atoms with Crippen molar-refractivity contribution in [3.8, 4) is 5.88 Å². The Labute approximate surface area is 145 Å². The Morgan fingerprint density at radius 3 is 2.77 bits per heavy atom. The maximum atomic E-state index is 14.0. The molecule has 0 radical (unpaired) electrons. The lowest BCUT2D eigenvalue weighted by Gasteiger charge is -2.16. The van der Waals surface area contributed by atoms with Gasteiger partial charge in [0.05, 0.1) is 7.11 Å². The lowest BCUT2D eigenvalue weighted by atomic mass is 10.2. The van der Waals surface area contributed by atoms with Gasteiger partial charge in [-0.15, -0.1) is 24.0 Å². The molecule has 0 spiro atoms. The number of guanidine groups is 1. The molecule has 1 aromatic heterocycles. The zero-order valence-electron chi connectivity index (χ0n) is 12.4. The van der Waals surface area contributed by atoms with Crippen molar-refractivity contribution in [2.45, 2.75) is 37.6 Å². The molecular formula is C14H21F2IN4O. The van der Waals surface area contributed by atoms with Gasteiger partial charge in [-0.2, -0.15) is 8.78 Å². The topological polar surface area (TPSA) is 72.5 Å². The van der Waals surface area contributed by atoms with Gasteiger partial charge in [0.1, 0.15) is 12.2 Å². The van der Waals surface area contributed by atoms with Gasteiger partial charge in [0.2, 0.25) is 5.88 Å². The Bertz CT molecular complexity index is 507. The highest BCUT2D eigenvalue weighted by Crippen LogP contribution is 2.27. The van der Waals surface area contributed by atoms with E-state index in [1.165, 1.54) is 25.3 Å². The van der Waals surface area contributed by atoms with Gasteiger partial charge in [-0.3, -0.25) is 0 Å². The van der Waals surface area contributed by atoms with Gasteiger partial charge >= 0.3 is 5.92 Å². The van der Waals surface area contributed by atoms with Gasteiger partial charge in [-0.1, -0.05) is 18.9 Å². The number of nitrogens with two attached hydrogens (primary N) is 1. The molecule has 22 heavy (non-hydrogen) atoms. The highest BCUT2D eigenvalue weighted by molar-refractivity contribution is 14.0. The number of halogens is 3. The molecule has 8 heteroatoms. The molecule has 0 bridgehead atoms. The van der Waals surface area contributed by atoms with Gasteiger partial charge in [0.25, 0.3) is 0 Å². The summed E-state index contributed by atoms with van der Waals surface area (Å²) in [5.74, 6) is -2.98. The van der Waals surface area contributed by atoms with Crippen molar-refractivity contribution < 1.29 is 13.5 Å². The molecule has 1 saturated carbocycles. The van der Waals surface area contributed by atoms with E-state index in [2.05, 4.69) is 15.3 Å². The highest BCUT2D eigenvalue weighted by atomic mass is 127. The van der Waals surface area contributed by atoms with E-state index in [0.717, 1.165) is 25.7 Å². The molecular weight excluding hydrogens is 405 g/mol. The first-order valence-corrected chi connectivity index (χ1v) is 6.97. The lowest BCUT2D eigenvalue weighted by Crippen LogP contribution is -2.39. The first-order chi connectivity index (χ1) is 10.0. The molecule has 1 aliphatic carbocycles. The molecule has 124 valence electrons. The molecule has 0 atom stereocenters. The number of pyridine rings is 1. The highest BCUT2D eigenvalue weighted by Gasteiger charge is 2.33. The number of hydrogen-bond acceptors (Lipinski definition) is 3. The minimum atomic E-state index is -3.18. The molecule has 0 aliphatic heterocycles. The van der Waals surface area contributed by atoms with Crippen LogP contribution in [-0.4, -0.2) is 30.6 Å². The molecule has 3 N–H and O–H groups in total. The zero-order valence-corrected chi connectivity index (χ0v) is 14.7. The van der Waals surface area contributed by atoms with Crippen LogP contribution in [0.1, 0.15) is 31.4 Å². The number of nitrogens with zero attached hydrogens (tertiary/aromatic N) is 2. The second-order valence-corrected chi connectivity index (χ2v) is 5.10. The third-order valence-corrected chi connectivity index (χ3v) is 3.46. The van der Waals surface area contributed by atoms with Crippen LogP contribution in [0.2, 0.25) is 0 Å². The third kappa shape index (κ3) is 5.22. The molecule has 1 aromatic rings. The third-order valence-electron chi connectivity index (χ3n) is 3.46. The quantitative estimate of drug-likeness (QED) is 0.432. The summed E-state index contributed by atoms with van der Waals surface area (Å²) in [6.45, 7) is -0.737. The summed E-state index contributed by atoms with van der Waals surface area (Å²) in [5, 5.41) is 2.97. The maximum Gasteiger partial charge on any atom is 0.309 e. The smallest absolute Gasteiger partial charge is 0.309 e. The van der Waals surface area contributed by atoms with E-state index in [0.29, 0.717) is 0 Å². The number of alkyl halides is 2. The Hall–Kier alpha value is -1.19. The minimum absolute atomic E-state index is 0. The molecule has 0 saturated heterocycles. The molecule has 0 amide bonds. The SMILES string of the molecule is COc1cccc(C(F)(F)CN=C(N)NC2CCCC2)n1.I. The summed E-state index contributed by atoms with van der Waals surface area (Å²) >= 11 is 0. The Morgan fingerprint density at radius 2 is 2.14 bits per heavy atom. The lowest BCUT2D eigenvalue weighted by molar-refractivity contribution is 0.00138. The number of nitrogens with one attached hydrogen (secondary N) is 1. The van der Waals surface area contributed by atoms with Crippen molar-refractivity contribution in [1.29, 1.82) is 0 Å². The first-order valence-electron chi connectivity index (χ1n) is 6.97. The van der Waals surface area contributed by atoms with E-state index in [1.54, 1.807) is 0 Å². The first kappa shape index (κ1) is 18.9. The van der Waals surface area contributed by atoms with Crippen molar-refractivity contribution >= 4 is 29.9 Å². The van der Waals surface area contributed by atoms with Crippen molar-refractivity contribution in [3.05, 3.63) is 23.9 Å². The summed E-state index contributed by atoms with van der Waals surface area (Å²) in [6, 6.07) is 4.48. The van der Waals surface area contributed by atoms with Crippen LogP contribution in [0, 0.1) is 0 Å². The average molecular weight is 426 g/mol. The fraction of sp³-hybridized carbons (Fsp3) is 0.571. The molecule has 1 heterocycles. The Morgan fingerprint density at radius 1 is 1.45 bits per heavy atom. The van der Waals surface area contributed by atoms with E-state index in [1.807, 2.05) is 0 Å². The van der Waals surface area contributed by atoms with Crippen LogP contribution in [0.5, 0.6) is 5.88 Å². The van der Waals surface area contributed by atoms with Crippen LogP contribution in [0.25, 0.3) is 0 Å². The number of hydrogen-bond donors (Lipinski definition) is 2. The molecule has 0 unspecified atom stereocenters. The number of aromatic nitrogens is 1. The maximum absolute atomic E-state index is 14.0. The van der Waals surface area contributed by atoms with Gasteiger partial charge in [-0.25, -0.2) is 9.98 Å². The van der Waals surface area contributed by atoms with Gasteiger partial charge < -0.3 is 15.8 Å². The minimum Gasteiger partial charge on any atom is -0.481 e. The summed E-state index contributed by atoms with van der Waals surface area (Å²) in [7, 11) is 1.38. The van der Waals surface area contributed by atoms with Crippen molar-refractivity contribution in [3.63, 3.8) is 0 Å². The van der Waals surface area contributed by atoms with Crippen molar-refractivity contribution in [2.75, 3.05) is 13.7 Å². The van der Waals surface area contributed by atoms with E-state index >= 15 is 0 Å².